The maximum absolute atomic E-state index is 11.7. The van der Waals surface area contributed by atoms with Crippen LogP contribution in [0.2, 0.25) is 0 Å². The third-order valence-electron chi connectivity index (χ3n) is 3.15. The molecule has 0 unspecified atom stereocenters. The molecule has 1 rings (SSSR count). The van der Waals surface area contributed by atoms with E-state index in [1.54, 1.807) is 6.92 Å². The molecule has 0 radical (unpaired) electrons. The number of ether oxygens (including phenoxy) is 1. The van der Waals surface area contributed by atoms with Crippen LogP contribution >= 0.6 is 0 Å². The molecular formula is C15H22O6. The minimum absolute atomic E-state index is 0.0270. The van der Waals surface area contributed by atoms with E-state index >= 15 is 0 Å². The van der Waals surface area contributed by atoms with Gasteiger partial charge in [0.05, 0.1) is 13.0 Å². The number of carbonyl (C=O) groups is 1. The first-order chi connectivity index (χ1) is 10.0. The van der Waals surface area contributed by atoms with Gasteiger partial charge in [-0.1, -0.05) is 19.8 Å². The second-order valence-electron chi connectivity index (χ2n) is 4.80. The Kier molecular flexibility index (Phi) is 6.94. The Morgan fingerprint density at radius 3 is 2.71 bits per heavy atom. The van der Waals surface area contributed by atoms with Gasteiger partial charge < -0.3 is 19.4 Å². The number of rotatable bonds is 8. The van der Waals surface area contributed by atoms with Gasteiger partial charge in [-0.2, -0.15) is 0 Å². The molecule has 6 nitrogen and oxygen atoms in total. The highest BCUT2D eigenvalue weighted by Gasteiger charge is 2.24. The fourth-order valence-corrected chi connectivity index (χ4v) is 2.11. The molecule has 21 heavy (non-hydrogen) atoms. The minimum Gasteiger partial charge on any atom is -0.502 e. The van der Waals surface area contributed by atoms with Gasteiger partial charge in [-0.25, -0.2) is 0 Å². The van der Waals surface area contributed by atoms with Crippen LogP contribution in [-0.2, 0) is 16.1 Å². The summed E-state index contributed by atoms with van der Waals surface area (Å²) in [5.41, 5.74) is -0.620. The van der Waals surface area contributed by atoms with E-state index in [1.807, 2.05) is 6.92 Å². The summed E-state index contributed by atoms with van der Waals surface area (Å²) in [4.78, 5) is 23.3. The lowest BCUT2D eigenvalue weighted by atomic mass is 9.94. The Balaban J connectivity index is 3.09. The lowest BCUT2D eigenvalue weighted by molar-refractivity contribution is -0.143. The number of aliphatic hydroxyl groups is 1. The number of hydrogen-bond donors (Lipinski definition) is 2. The smallest absolute Gasteiger partial charge is 0.306 e. The number of hydrogen-bond acceptors (Lipinski definition) is 6. The first kappa shape index (κ1) is 17.2. The normalized spacial score (nSPS) is 12.1. The van der Waals surface area contributed by atoms with Crippen molar-refractivity contribution in [3.63, 3.8) is 0 Å². The summed E-state index contributed by atoms with van der Waals surface area (Å²) >= 11 is 0. The molecule has 1 aromatic heterocycles. The third kappa shape index (κ3) is 4.90. The van der Waals surface area contributed by atoms with Crippen LogP contribution < -0.4 is 5.43 Å². The molecule has 118 valence electrons. The van der Waals surface area contributed by atoms with Gasteiger partial charge in [-0.3, -0.25) is 9.59 Å². The van der Waals surface area contributed by atoms with Gasteiger partial charge in [-0.05, 0) is 13.3 Å². The summed E-state index contributed by atoms with van der Waals surface area (Å²) in [6.45, 7) is 3.54. The van der Waals surface area contributed by atoms with Crippen molar-refractivity contribution in [1.29, 1.82) is 0 Å². The van der Waals surface area contributed by atoms with Crippen molar-refractivity contribution in [3.8, 4) is 5.75 Å². The number of aliphatic hydroxyl groups excluding tert-OH is 1. The average Bonchev–Trinajstić information content (AvgIpc) is 2.46. The van der Waals surface area contributed by atoms with Crippen LogP contribution in [0, 0.1) is 0 Å². The number of unbranched alkanes of at least 4 members (excludes halogenated alkanes) is 1. The fourth-order valence-electron chi connectivity index (χ4n) is 2.11. The summed E-state index contributed by atoms with van der Waals surface area (Å²) in [5.74, 6) is -1.23. The molecule has 2 N–H and O–H groups in total. The molecule has 0 saturated heterocycles. The highest BCUT2D eigenvalue weighted by atomic mass is 16.5. The van der Waals surface area contributed by atoms with Gasteiger partial charge in [0.15, 0.2) is 5.76 Å². The van der Waals surface area contributed by atoms with Crippen molar-refractivity contribution in [2.45, 2.75) is 52.1 Å². The van der Waals surface area contributed by atoms with Gasteiger partial charge in [0.25, 0.3) is 0 Å². The summed E-state index contributed by atoms with van der Waals surface area (Å²) < 4.78 is 10.3. The maximum Gasteiger partial charge on any atom is 0.306 e. The molecule has 0 spiro atoms. The zero-order chi connectivity index (χ0) is 15.8. The van der Waals surface area contributed by atoms with Crippen molar-refractivity contribution in [3.05, 3.63) is 27.8 Å². The van der Waals surface area contributed by atoms with Crippen molar-refractivity contribution in [2.75, 3.05) is 6.61 Å². The third-order valence-corrected chi connectivity index (χ3v) is 3.15. The second kappa shape index (κ2) is 8.46. The Labute approximate surface area is 123 Å². The van der Waals surface area contributed by atoms with Crippen LogP contribution in [0.3, 0.4) is 0 Å². The first-order valence-corrected chi connectivity index (χ1v) is 7.15. The lowest BCUT2D eigenvalue weighted by Crippen LogP contribution is -2.14. The molecule has 0 saturated carbocycles. The Hall–Kier alpha value is -1.82. The predicted octanol–water partition coefficient (Wildman–Crippen LogP) is 2.06. The SMILES string of the molecule is CCCC[C@@H](CC(=O)OCC)c1oc(CO)cc(=O)c1O. The molecule has 1 aromatic rings. The van der Waals surface area contributed by atoms with E-state index in [4.69, 9.17) is 14.3 Å². The summed E-state index contributed by atoms with van der Waals surface area (Å²) in [5, 5.41) is 19.0. The van der Waals surface area contributed by atoms with E-state index in [0.29, 0.717) is 6.42 Å². The van der Waals surface area contributed by atoms with Crippen LogP contribution in [0.5, 0.6) is 5.75 Å². The Morgan fingerprint density at radius 2 is 2.14 bits per heavy atom. The van der Waals surface area contributed by atoms with Gasteiger partial charge in [0.1, 0.15) is 12.4 Å². The average molecular weight is 298 g/mol. The lowest BCUT2D eigenvalue weighted by Gasteiger charge is -2.16. The quantitative estimate of drug-likeness (QED) is 0.713. The molecule has 0 amide bonds. The minimum atomic E-state index is -0.620. The van der Waals surface area contributed by atoms with Gasteiger partial charge in [0, 0.05) is 12.0 Å². The fraction of sp³-hybridized carbons (Fsp3) is 0.600. The van der Waals surface area contributed by atoms with Crippen LogP contribution in [0.4, 0.5) is 0 Å². The molecule has 6 heteroatoms. The molecule has 0 aliphatic rings. The van der Waals surface area contributed by atoms with Crippen molar-refractivity contribution in [1.82, 2.24) is 0 Å². The molecule has 0 fully saturated rings. The zero-order valence-corrected chi connectivity index (χ0v) is 12.4. The standard InChI is InChI=1S/C15H22O6/c1-3-5-6-10(7-13(18)20-4-2)15-14(19)12(17)8-11(9-16)21-15/h8,10,16,19H,3-7,9H2,1-2H3/t10-/m0/s1. The summed E-state index contributed by atoms with van der Waals surface area (Å²) in [7, 11) is 0. The van der Waals surface area contributed by atoms with Gasteiger partial charge in [0.2, 0.25) is 11.2 Å². The Bertz CT molecular complexity index is 519. The van der Waals surface area contributed by atoms with Crippen molar-refractivity contribution < 1.29 is 24.2 Å². The highest BCUT2D eigenvalue weighted by molar-refractivity contribution is 5.70. The van der Waals surface area contributed by atoms with Crippen LogP contribution in [0.15, 0.2) is 15.3 Å². The van der Waals surface area contributed by atoms with E-state index in [0.717, 1.165) is 18.9 Å². The van der Waals surface area contributed by atoms with E-state index in [-0.39, 0.29) is 24.5 Å². The number of aromatic hydroxyl groups is 1. The van der Waals surface area contributed by atoms with E-state index in [1.165, 1.54) is 0 Å². The van der Waals surface area contributed by atoms with E-state index in [9.17, 15) is 14.7 Å². The first-order valence-electron chi connectivity index (χ1n) is 7.15. The molecule has 1 heterocycles. The summed E-state index contributed by atoms with van der Waals surface area (Å²) in [6.07, 6.45) is 2.33. The number of esters is 1. The van der Waals surface area contributed by atoms with Gasteiger partial charge in [-0.15, -0.1) is 0 Å². The van der Waals surface area contributed by atoms with Crippen LogP contribution in [0.25, 0.3) is 0 Å². The zero-order valence-electron chi connectivity index (χ0n) is 12.4. The largest absolute Gasteiger partial charge is 0.502 e. The predicted molar refractivity (Wildman–Crippen MR) is 76.1 cm³/mol. The van der Waals surface area contributed by atoms with Crippen molar-refractivity contribution in [2.24, 2.45) is 0 Å². The molecule has 1 atom stereocenters. The molecule has 0 aromatic carbocycles. The summed E-state index contributed by atoms with van der Waals surface area (Å²) in [6, 6.07) is 1.04. The van der Waals surface area contributed by atoms with E-state index in [2.05, 4.69) is 0 Å². The molecule has 0 aliphatic heterocycles. The van der Waals surface area contributed by atoms with Crippen LogP contribution in [0.1, 0.15) is 57.0 Å². The monoisotopic (exact) mass is 298 g/mol. The molecule has 0 bridgehead atoms. The Morgan fingerprint density at radius 1 is 1.43 bits per heavy atom. The van der Waals surface area contributed by atoms with E-state index < -0.39 is 29.7 Å². The van der Waals surface area contributed by atoms with Crippen molar-refractivity contribution >= 4 is 5.97 Å². The number of carbonyl (C=O) groups excluding carboxylic acids is 1. The van der Waals surface area contributed by atoms with Gasteiger partial charge >= 0.3 is 5.97 Å². The molecular weight excluding hydrogens is 276 g/mol. The maximum atomic E-state index is 11.7. The highest BCUT2D eigenvalue weighted by Crippen LogP contribution is 2.31. The topological polar surface area (TPSA) is 97.0 Å². The molecule has 0 aliphatic carbocycles. The second-order valence-corrected chi connectivity index (χ2v) is 4.80. The van der Waals surface area contributed by atoms with Crippen LogP contribution in [-0.4, -0.2) is 22.8 Å².